The second kappa shape index (κ2) is 8.24. The molecular weight excluding hydrogens is 302 g/mol. The first-order valence-corrected chi connectivity index (χ1v) is 7.44. The van der Waals surface area contributed by atoms with Crippen LogP contribution in [0.5, 0.6) is 5.75 Å². The Bertz CT molecular complexity index is 474. The van der Waals surface area contributed by atoms with Gasteiger partial charge < -0.3 is 10.5 Å². The lowest BCUT2D eigenvalue weighted by Crippen LogP contribution is -2.22. The molecule has 0 saturated heterocycles. The third-order valence-corrected chi connectivity index (χ3v) is 3.43. The van der Waals surface area contributed by atoms with Crippen molar-refractivity contribution in [2.45, 2.75) is 46.1 Å². The van der Waals surface area contributed by atoms with E-state index in [-0.39, 0.29) is 6.04 Å². The largest absolute Gasteiger partial charge is 0.492 e. The molecule has 2 nitrogen and oxygen atoms in total. The van der Waals surface area contributed by atoms with Crippen LogP contribution in [0.3, 0.4) is 0 Å². The molecule has 1 aromatic rings. The van der Waals surface area contributed by atoms with E-state index in [4.69, 9.17) is 10.5 Å². The maximum absolute atomic E-state index is 6.06. The van der Waals surface area contributed by atoms with E-state index >= 15 is 0 Å². The number of benzene rings is 1. The molecule has 0 radical (unpaired) electrons. The highest BCUT2D eigenvalue weighted by molar-refractivity contribution is 9.10. The van der Waals surface area contributed by atoms with Crippen molar-refractivity contribution in [2.75, 3.05) is 6.61 Å². The van der Waals surface area contributed by atoms with Crippen LogP contribution in [0.15, 0.2) is 16.6 Å². The van der Waals surface area contributed by atoms with Crippen LogP contribution >= 0.6 is 15.9 Å². The highest BCUT2D eigenvalue weighted by Gasteiger charge is 2.11. The normalized spacial score (nSPS) is 11.6. The van der Waals surface area contributed by atoms with Gasteiger partial charge in [-0.3, -0.25) is 0 Å². The molecule has 0 amide bonds. The standard InChI is InChI=1S/C16H22BrNO/c1-4-6-7-8-19-16-12(3)9-14(17)10-13(16)11-15(18)5-2/h9-10,15H,5,7-8,11,18H2,1-3H3. The second-order valence-electron chi connectivity index (χ2n) is 4.61. The topological polar surface area (TPSA) is 35.2 Å². The maximum atomic E-state index is 6.06. The first kappa shape index (κ1) is 16.1. The van der Waals surface area contributed by atoms with Gasteiger partial charge in [-0.1, -0.05) is 22.9 Å². The van der Waals surface area contributed by atoms with E-state index < -0.39 is 0 Å². The van der Waals surface area contributed by atoms with Gasteiger partial charge in [-0.2, -0.15) is 0 Å². The minimum Gasteiger partial charge on any atom is -0.492 e. The number of nitrogens with two attached hydrogens (primary N) is 1. The molecule has 0 aliphatic heterocycles. The van der Waals surface area contributed by atoms with Crippen molar-refractivity contribution in [3.63, 3.8) is 0 Å². The molecule has 0 bridgehead atoms. The summed E-state index contributed by atoms with van der Waals surface area (Å²) in [5.74, 6) is 6.85. The number of hydrogen-bond acceptors (Lipinski definition) is 2. The van der Waals surface area contributed by atoms with E-state index in [1.165, 1.54) is 5.56 Å². The number of aryl methyl sites for hydroxylation is 1. The summed E-state index contributed by atoms with van der Waals surface area (Å²) in [6, 6.07) is 4.34. The summed E-state index contributed by atoms with van der Waals surface area (Å²) in [6.07, 6.45) is 2.56. The molecule has 0 aliphatic carbocycles. The quantitative estimate of drug-likeness (QED) is 0.637. The molecule has 1 rings (SSSR count). The van der Waals surface area contributed by atoms with Crippen molar-refractivity contribution in [2.24, 2.45) is 5.73 Å². The van der Waals surface area contributed by atoms with Crippen molar-refractivity contribution >= 4 is 15.9 Å². The summed E-state index contributed by atoms with van der Waals surface area (Å²) in [4.78, 5) is 0. The van der Waals surface area contributed by atoms with Crippen LogP contribution in [0, 0.1) is 18.8 Å². The van der Waals surface area contributed by atoms with Crippen LogP contribution in [0.4, 0.5) is 0 Å². The van der Waals surface area contributed by atoms with E-state index in [0.29, 0.717) is 6.61 Å². The van der Waals surface area contributed by atoms with Gasteiger partial charge in [0.1, 0.15) is 5.75 Å². The Morgan fingerprint density at radius 2 is 2.16 bits per heavy atom. The van der Waals surface area contributed by atoms with Crippen molar-refractivity contribution < 1.29 is 4.74 Å². The van der Waals surface area contributed by atoms with E-state index in [1.807, 2.05) is 6.92 Å². The van der Waals surface area contributed by atoms with E-state index in [0.717, 1.165) is 35.0 Å². The Morgan fingerprint density at radius 3 is 2.79 bits per heavy atom. The Morgan fingerprint density at radius 1 is 1.42 bits per heavy atom. The number of halogens is 1. The third-order valence-electron chi connectivity index (χ3n) is 2.97. The van der Waals surface area contributed by atoms with Crippen molar-refractivity contribution in [3.05, 3.63) is 27.7 Å². The van der Waals surface area contributed by atoms with Gasteiger partial charge in [0, 0.05) is 16.9 Å². The first-order valence-electron chi connectivity index (χ1n) is 6.65. The first-order chi connectivity index (χ1) is 9.08. The lowest BCUT2D eigenvalue weighted by atomic mass is 10.0. The van der Waals surface area contributed by atoms with Crippen LogP contribution in [0.25, 0.3) is 0 Å². The van der Waals surface area contributed by atoms with Crippen LogP contribution in [-0.2, 0) is 6.42 Å². The summed E-state index contributed by atoms with van der Waals surface area (Å²) < 4.78 is 6.96. The van der Waals surface area contributed by atoms with Crippen molar-refractivity contribution in [3.8, 4) is 17.6 Å². The van der Waals surface area contributed by atoms with Gasteiger partial charge in [0.2, 0.25) is 0 Å². The molecule has 0 fully saturated rings. The van der Waals surface area contributed by atoms with Crippen LogP contribution < -0.4 is 10.5 Å². The lowest BCUT2D eigenvalue weighted by Gasteiger charge is -2.17. The van der Waals surface area contributed by atoms with Gasteiger partial charge in [-0.15, -0.1) is 11.8 Å². The highest BCUT2D eigenvalue weighted by Crippen LogP contribution is 2.29. The van der Waals surface area contributed by atoms with Crippen LogP contribution in [0.1, 0.15) is 37.8 Å². The number of rotatable bonds is 6. The Balaban J connectivity index is 2.88. The van der Waals surface area contributed by atoms with Gasteiger partial charge in [-0.05, 0) is 49.9 Å². The molecule has 0 saturated carbocycles. The number of hydrogen-bond donors (Lipinski definition) is 1. The molecule has 0 aliphatic rings. The zero-order chi connectivity index (χ0) is 14.3. The molecule has 0 aromatic heterocycles. The Labute approximate surface area is 124 Å². The Hall–Kier alpha value is -0.980. The predicted octanol–water partition coefficient (Wildman–Crippen LogP) is 3.83. The van der Waals surface area contributed by atoms with Crippen molar-refractivity contribution in [1.29, 1.82) is 0 Å². The van der Waals surface area contributed by atoms with Crippen LogP contribution in [-0.4, -0.2) is 12.6 Å². The second-order valence-corrected chi connectivity index (χ2v) is 5.52. The minimum atomic E-state index is 0.173. The monoisotopic (exact) mass is 323 g/mol. The zero-order valence-electron chi connectivity index (χ0n) is 11.9. The molecule has 1 aromatic carbocycles. The number of ether oxygens (including phenoxy) is 1. The lowest BCUT2D eigenvalue weighted by molar-refractivity contribution is 0.320. The average molecular weight is 324 g/mol. The van der Waals surface area contributed by atoms with Gasteiger partial charge in [-0.25, -0.2) is 0 Å². The van der Waals surface area contributed by atoms with Crippen LogP contribution in [0.2, 0.25) is 0 Å². The fourth-order valence-electron chi connectivity index (χ4n) is 1.91. The molecular formula is C16H22BrNO. The SMILES string of the molecule is CC#CCCOc1c(C)cc(Br)cc1CC(N)CC. The molecule has 1 unspecified atom stereocenters. The highest BCUT2D eigenvalue weighted by atomic mass is 79.9. The van der Waals surface area contributed by atoms with E-state index in [1.54, 1.807) is 0 Å². The van der Waals surface area contributed by atoms with E-state index in [9.17, 15) is 0 Å². The summed E-state index contributed by atoms with van der Waals surface area (Å²) in [6.45, 7) is 6.63. The predicted molar refractivity (Wildman–Crippen MR) is 84.4 cm³/mol. The minimum absolute atomic E-state index is 0.173. The smallest absolute Gasteiger partial charge is 0.125 e. The molecule has 0 spiro atoms. The Kier molecular flexibility index (Phi) is 6.97. The third kappa shape index (κ3) is 5.26. The van der Waals surface area contributed by atoms with E-state index in [2.05, 4.69) is 53.8 Å². The molecule has 104 valence electrons. The maximum Gasteiger partial charge on any atom is 0.125 e. The average Bonchev–Trinajstić information content (AvgIpc) is 2.36. The summed E-state index contributed by atoms with van der Waals surface area (Å²) in [7, 11) is 0. The molecule has 1 atom stereocenters. The summed E-state index contributed by atoms with van der Waals surface area (Å²) >= 11 is 3.53. The molecule has 3 heteroatoms. The van der Waals surface area contributed by atoms with Crippen molar-refractivity contribution in [1.82, 2.24) is 0 Å². The fourth-order valence-corrected chi connectivity index (χ4v) is 2.53. The fraction of sp³-hybridized carbons (Fsp3) is 0.500. The molecule has 2 N–H and O–H groups in total. The summed E-state index contributed by atoms with van der Waals surface area (Å²) in [5, 5.41) is 0. The summed E-state index contributed by atoms with van der Waals surface area (Å²) in [5.41, 5.74) is 8.37. The van der Waals surface area contributed by atoms with Gasteiger partial charge >= 0.3 is 0 Å². The van der Waals surface area contributed by atoms with Gasteiger partial charge in [0.25, 0.3) is 0 Å². The zero-order valence-corrected chi connectivity index (χ0v) is 13.5. The molecule has 0 heterocycles. The van der Waals surface area contributed by atoms with Gasteiger partial charge in [0.05, 0.1) is 6.61 Å². The van der Waals surface area contributed by atoms with Gasteiger partial charge in [0.15, 0.2) is 0 Å². The molecule has 19 heavy (non-hydrogen) atoms.